The molecule has 12 atom stereocenters. The van der Waals surface area contributed by atoms with Crippen LogP contribution < -0.4 is 108 Å². The lowest BCUT2D eigenvalue weighted by molar-refractivity contribution is -0.144. The van der Waals surface area contributed by atoms with Crippen LogP contribution in [0.25, 0.3) is 21.8 Å². The van der Waals surface area contributed by atoms with E-state index >= 15 is 24.0 Å². The number of aliphatic hydroxyl groups is 1. The van der Waals surface area contributed by atoms with Gasteiger partial charge in [-0.1, -0.05) is 48.5 Å². The summed E-state index contributed by atoms with van der Waals surface area (Å²) >= 11 is 0. The van der Waals surface area contributed by atoms with Crippen molar-refractivity contribution in [3.8, 4) is 5.75 Å². The molecule has 6 rings (SSSR count). The first-order chi connectivity index (χ1) is 55.6. The molecule has 1 fully saturated rings. The molecule has 5 aromatic rings. The van der Waals surface area contributed by atoms with Gasteiger partial charge in [-0.2, -0.15) is 0 Å². The number of aryl methyl sites for hydroxylation is 1. The number of hydrogen-bond acceptors (Lipinski definition) is 21. The van der Waals surface area contributed by atoms with E-state index < -0.39 is 248 Å². The molecule has 1 saturated heterocycles. The number of aromatic amines is 1. The van der Waals surface area contributed by atoms with Gasteiger partial charge < -0.3 is 128 Å². The highest BCUT2D eigenvalue weighted by atomic mass is 16.5. The topological polar surface area (TPSA) is 700 Å². The van der Waals surface area contributed by atoms with Crippen molar-refractivity contribution >= 4 is 134 Å². The molecule has 1 aliphatic rings. The van der Waals surface area contributed by atoms with Crippen LogP contribution in [0.1, 0.15) is 109 Å². The highest BCUT2D eigenvalue weighted by Crippen LogP contribution is 2.24. The fourth-order valence-corrected chi connectivity index (χ4v) is 12.7. The van der Waals surface area contributed by atoms with Crippen molar-refractivity contribution in [3.05, 3.63) is 102 Å². The van der Waals surface area contributed by atoms with Crippen LogP contribution in [0, 0.1) is 5.41 Å². The zero-order valence-electron chi connectivity index (χ0n) is 65.6. The SMILES string of the molecule is COc1ccc(C[C@@H]2NC(=O)[C@H](CCCNC(=N)N)NC(=O)[C@H](CCC(N)=O)NC(=O)[C@H](Cc3cn(C)c4ccccc34)NC(=O)[C@H]([C@@H](C)O)NC(=O)[C@H](CC(N)=O)NC(=O)[C@@H](NC(C)=O)CC(=O)NCCCC(C(=O)N[C@@H](CC(N)=O)C(=O)N[C@@H](CC(N)=O)C(=O)O)NC(=O)C(C)(C)NC(=O)[C@H](Cc3c[nH]c4ccccc34)NC2=O)cc1. The number of hydrogen-bond donors (Lipinski definition) is 23. The highest BCUT2D eigenvalue weighted by molar-refractivity contribution is 6.03. The molecule has 3 aromatic carbocycles. The fourth-order valence-electron chi connectivity index (χ4n) is 12.7. The molecule has 118 heavy (non-hydrogen) atoms. The molecule has 0 radical (unpaired) electrons. The van der Waals surface area contributed by atoms with Crippen LogP contribution in [0.4, 0.5) is 0 Å². The molecule has 2 aromatic heterocycles. The van der Waals surface area contributed by atoms with E-state index in [9.17, 15) is 72.5 Å². The second-order valence-corrected chi connectivity index (χ2v) is 28.7. The van der Waals surface area contributed by atoms with E-state index in [0.717, 1.165) is 13.8 Å². The van der Waals surface area contributed by atoms with E-state index in [1.807, 2.05) is 5.32 Å². The number of amides is 17. The van der Waals surface area contributed by atoms with Gasteiger partial charge in [0.25, 0.3) is 0 Å². The number of fused-ring (bicyclic) bond motifs is 2. The third kappa shape index (κ3) is 28.6. The third-order valence-corrected chi connectivity index (χ3v) is 18.8. The predicted octanol–water partition coefficient (Wildman–Crippen LogP) is -7.14. The number of ether oxygens (including phenoxy) is 1. The Morgan fingerprint density at radius 3 is 1.77 bits per heavy atom. The zero-order chi connectivity index (χ0) is 87.4. The number of aromatic nitrogens is 2. The molecule has 17 amide bonds. The van der Waals surface area contributed by atoms with Gasteiger partial charge in [-0.3, -0.25) is 86.9 Å². The van der Waals surface area contributed by atoms with Gasteiger partial charge in [0, 0.05) is 86.9 Å². The van der Waals surface area contributed by atoms with Gasteiger partial charge in [0.1, 0.15) is 77.7 Å². The number of benzene rings is 3. The summed E-state index contributed by atoms with van der Waals surface area (Å²) in [4.78, 5) is 254. The number of carbonyl (C=O) groups is 18. The van der Waals surface area contributed by atoms with Gasteiger partial charge in [0.2, 0.25) is 100 Å². The molecule has 43 heteroatoms. The predicted molar refractivity (Wildman–Crippen MR) is 420 cm³/mol. The van der Waals surface area contributed by atoms with Crippen molar-refractivity contribution in [2.24, 2.45) is 35.7 Å². The summed E-state index contributed by atoms with van der Waals surface area (Å²) in [5.74, 6) is -21.8. The van der Waals surface area contributed by atoms with Crippen molar-refractivity contribution in [1.82, 2.24) is 84.0 Å². The van der Waals surface area contributed by atoms with Crippen LogP contribution in [-0.4, -0.2) is 230 Å². The van der Waals surface area contributed by atoms with Gasteiger partial charge in [-0.25, -0.2) is 4.79 Å². The first-order valence-corrected chi connectivity index (χ1v) is 37.4. The number of carboxylic acid groups (broad SMARTS) is 1. The number of nitrogens with two attached hydrogens (primary N) is 5. The number of nitrogens with one attached hydrogen (secondary N) is 16. The van der Waals surface area contributed by atoms with Gasteiger partial charge in [0.15, 0.2) is 5.96 Å². The molecule has 28 N–H and O–H groups in total. The smallest absolute Gasteiger partial charge is 0.326 e. The van der Waals surface area contributed by atoms with E-state index in [-0.39, 0.29) is 38.6 Å². The normalized spacial score (nSPS) is 21.5. The Balaban J connectivity index is 1.51. The number of primary amides is 4. The number of methoxy groups -OCH3 is 1. The summed E-state index contributed by atoms with van der Waals surface area (Å²) in [7, 11) is 3.09. The maximum Gasteiger partial charge on any atom is 0.326 e. The monoisotopic (exact) mass is 1650 g/mol. The molecule has 0 spiro atoms. The molecule has 1 unspecified atom stereocenters. The minimum atomic E-state index is -2.16. The number of rotatable bonds is 27. The van der Waals surface area contributed by atoms with E-state index in [0.29, 0.717) is 44.2 Å². The first kappa shape index (κ1) is 93.1. The van der Waals surface area contributed by atoms with Crippen molar-refractivity contribution in [1.29, 1.82) is 5.41 Å². The molecule has 638 valence electrons. The second-order valence-electron chi connectivity index (χ2n) is 28.7. The number of H-pyrrole nitrogens is 1. The number of aliphatic carboxylic acids is 1. The van der Waals surface area contributed by atoms with Crippen LogP contribution in [0.15, 0.2) is 85.2 Å². The summed E-state index contributed by atoms with van der Waals surface area (Å²) in [6, 6.07) is -0.741. The minimum absolute atomic E-state index is 0.0551. The van der Waals surface area contributed by atoms with E-state index in [1.165, 1.54) is 21.0 Å². The minimum Gasteiger partial charge on any atom is -0.497 e. The van der Waals surface area contributed by atoms with Crippen LogP contribution in [0.5, 0.6) is 5.75 Å². The van der Waals surface area contributed by atoms with Gasteiger partial charge in [-0.15, -0.1) is 0 Å². The standard InChI is InChI=1S/C75H102N22O21/c1-36(98)61-71(114)92-49(29-40-35-97(5)55-18-10-8-14-43(40)55)66(109)87-47(23-24-56(76)100)64(107)86-45(16-12-26-83-74(80)81)62(105)88-48(27-38-19-21-41(118-6)22-20-38)65(108)89-50(28-39-34-84-44-15-9-7-13-42(39)44)70(113)96-75(3,4)73(117)94-46(63(106)90-51(30-57(77)101)67(110)93-54(72(115)116)32-59(79)103)17-11-25-82-60(104)33-53(85-37(2)99)68(111)91-52(31-58(78)102)69(112)95-61/h7-10,13-15,18-22,34-36,45-54,61,84,98H,11-12,16-17,23-33H2,1-6H3,(H2,76,100)(H2,77,101)(H2,78,102)(H2,79,103)(H,82,104)(H,85,99)(H,86,107)(H,87,109)(H,88,105)(H,89,108)(H,90,106)(H,91,111)(H,92,114)(H,93,110)(H,94,117)(H,95,112)(H,96,113)(H,115,116)(H4,80,81,83)/t36-,45+,46?,47+,48+,49+,50+,51+,52+,53+,54+,61+/m1/s1. The van der Waals surface area contributed by atoms with Crippen LogP contribution >= 0.6 is 0 Å². The van der Waals surface area contributed by atoms with Crippen LogP contribution in [-0.2, 0) is 113 Å². The second kappa shape index (κ2) is 43.6. The first-order valence-electron chi connectivity index (χ1n) is 37.4. The van der Waals surface area contributed by atoms with Crippen LogP contribution in [0.3, 0.4) is 0 Å². The summed E-state index contributed by atoms with van der Waals surface area (Å²) in [6.45, 7) is 3.81. The van der Waals surface area contributed by atoms with Crippen molar-refractivity contribution < 1.29 is 101 Å². The molecular weight excluding hydrogens is 1540 g/mol. The van der Waals surface area contributed by atoms with E-state index in [4.69, 9.17) is 38.8 Å². The summed E-state index contributed by atoms with van der Waals surface area (Å²) in [5.41, 5.74) is 27.7. The van der Waals surface area contributed by atoms with Crippen molar-refractivity contribution in [2.45, 2.75) is 189 Å². The van der Waals surface area contributed by atoms with Crippen LogP contribution in [0.2, 0.25) is 0 Å². The maximum atomic E-state index is 15.4. The molecule has 0 saturated carbocycles. The fraction of sp³-hybridized carbons (Fsp3) is 0.453. The van der Waals surface area contributed by atoms with Crippen molar-refractivity contribution in [2.75, 3.05) is 20.2 Å². The lowest BCUT2D eigenvalue weighted by Gasteiger charge is -2.31. The Bertz CT molecular complexity index is 4580. The third-order valence-electron chi connectivity index (χ3n) is 18.8. The lowest BCUT2D eigenvalue weighted by atomic mass is 9.98. The number of carbonyl (C=O) groups excluding carboxylic acids is 17. The Morgan fingerprint density at radius 2 is 1.18 bits per heavy atom. The number of guanidine groups is 1. The Hall–Kier alpha value is -13.8. The summed E-state index contributed by atoms with van der Waals surface area (Å²) in [5, 5.41) is 64.0. The number of carboxylic acids is 1. The Labute approximate surface area is 675 Å². The summed E-state index contributed by atoms with van der Waals surface area (Å²) < 4.78 is 7.07. The maximum absolute atomic E-state index is 15.4. The summed E-state index contributed by atoms with van der Waals surface area (Å²) in [6.07, 6.45) is -6.22. The average molecular weight is 1650 g/mol. The number of para-hydroxylation sites is 2. The van der Waals surface area contributed by atoms with Gasteiger partial charge in [-0.05, 0) is 93.8 Å². The molecule has 0 aliphatic carbocycles. The van der Waals surface area contributed by atoms with Gasteiger partial charge >= 0.3 is 5.97 Å². The van der Waals surface area contributed by atoms with Gasteiger partial charge in [0.05, 0.1) is 38.9 Å². The van der Waals surface area contributed by atoms with E-state index in [2.05, 4.69) is 74.1 Å². The quantitative estimate of drug-likeness (QED) is 0.0132. The molecule has 43 nitrogen and oxygen atoms in total. The zero-order valence-corrected chi connectivity index (χ0v) is 65.6. The molecule has 1 aliphatic heterocycles. The lowest BCUT2D eigenvalue weighted by Crippen LogP contribution is -2.64. The van der Waals surface area contributed by atoms with E-state index in [1.54, 1.807) is 96.8 Å². The largest absolute Gasteiger partial charge is 0.497 e. The molecule has 3 heterocycles. The molecule has 0 bridgehead atoms. The average Bonchev–Trinajstić information content (AvgIpc) is 1.65. The Kier molecular flexibility index (Phi) is 34.4. The number of nitrogens with zero attached hydrogens (tertiary/aromatic N) is 1. The molecular formula is C75H102N22O21. The Morgan fingerprint density at radius 1 is 0.627 bits per heavy atom. The highest BCUT2D eigenvalue weighted by Gasteiger charge is 2.41. The number of aliphatic hydroxyl groups excluding tert-OH is 1. The van der Waals surface area contributed by atoms with Crippen molar-refractivity contribution in [3.63, 3.8) is 0 Å².